The number of halogens is 3. The second-order valence-corrected chi connectivity index (χ2v) is 4.64. The first-order valence-corrected chi connectivity index (χ1v) is 7.00. The molecule has 0 aliphatic heterocycles. The molecule has 0 unspecified atom stereocenters. The van der Waals surface area contributed by atoms with Gasteiger partial charge in [0.05, 0.1) is 7.11 Å². The quantitative estimate of drug-likeness (QED) is 0.452. The third-order valence-electron chi connectivity index (χ3n) is 2.90. The summed E-state index contributed by atoms with van der Waals surface area (Å²) in [6.07, 6.45) is -0.862. The van der Waals surface area contributed by atoms with Crippen LogP contribution in [-0.4, -0.2) is 25.7 Å². The highest BCUT2D eigenvalue weighted by Crippen LogP contribution is 2.21. The van der Waals surface area contributed by atoms with Gasteiger partial charge >= 0.3 is 6.18 Å². The number of alkyl halides is 3. The van der Waals surface area contributed by atoms with E-state index in [1.54, 1.807) is 12.1 Å². The van der Waals surface area contributed by atoms with Crippen LogP contribution in [0.15, 0.2) is 29.3 Å². The molecule has 1 N–H and O–H groups in total. The number of amidine groups is 1. The van der Waals surface area contributed by atoms with Gasteiger partial charge in [0.1, 0.15) is 5.75 Å². The van der Waals surface area contributed by atoms with Crippen LogP contribution in [0.4, 0.5) is 18.9 Å². The fourth-order valence-corrected chi connectivity index (χ4v) is 1.74. The van der Waals surface area contributed by atoms with Crippen molar-refractivity contribution in [2.75, 3.05) is 19.0 Å². The fraction of sp³-hybridized carbons (Fsp3) is 0.533. The molecule has 0 saturated heterocycles. The summed E-state index contributed by atoms with van der Waals surface area (Å²) < 4.78 is 43.7. The average molecular weight is 302 g/mol. The zero-order valence-corrected chi connectivity index (χ0v) is 12.3. The molecule has 21 heavy (non-hydrogen) atoms. The first-order chi connectivity index (χ1) is 9.97. The second-order valence-electron chi connectivity index (χ2n) is 4.64. The summed E-state index contributed by atoms with van der Waals surface area (Å²) in [7, 11) is 1.50. The standard InChI is InChI=1S/C15H21F3N2O/c1-3-4-5-6-11-19-14(15(16,17)18)20-12-7-9-13(21-2)10-8-12/h7-10H,3-6,11H2,1-2H3,(H,19,20). The van der Waals surface area contributed by atoms with Crippen molar-refractivity contribution < 1.29 is 17.9 Å². The van der Waals surface area contributed by atoms with Gasteiger partial charge in [0, 0.05) is 12.2 Å². The Bertz CT molecular complexity index is 441. The lowest BCUT2D eigenvalue weighted by molar-refractivity contribution is -0.0588. The van der Waals surface area contributed by atoms with Gasteiger partial charge in [0.15, 0.2) is 0 Å². The van der Waals surface area contributed by atoms with Crippen molar-refractivity contribution in [2.45, 2.75) is 38.8 Å². The van der Waals surface area contributed by atoms with Gasteiger partial charge in [-0.25, -0.2) is 0 Å². The Balaban J connectivity index is 2.67. The molecule has 0 radical (unpaired) electrons. The van der Waals surface area contributed by atoms with Gasteiger partial charge in [0.25, 0.3) is 0 Å². The van der Waals surface area contributed by atoms with E-state index in [0.717, 1.165) is 19.3 Å². The number of unbranched alkanes of at least 4 members (excludes halogenated alkanes) is 3. The number of hydrogen-bond donors (Lipinski definition) is 1. The molecule has 0 fully saturated rings. The molecular formula is C15H21F3N2O. The number of nitrogens with one attached hydrogen (secondary N) is 1. The van der Waals surface area contributed by atoms with Crippen molar-refractivity contribution in [1.82, 2.24) is 0 Å². The van der Waals surface area contributed by atoms with Gasteiger partial charge in [0.2, 0.25) is 5.84 Å². The third-order valence-corrected chi connectivity index (χ3v) is 2.90. The maximum atomic E-state index is 12.9. The molecule has 1 aromatic rings. The summed E-state index contributed by atoms with van der Waals surface area (Å²) in [5.41, 5.74) is 0.334. The fourth-order valence-electron chi connectivity index (χ4n) is 1.74. The summed E-state index contributed by atoms with van der Waals surface area (Å²) in [5, 5.41) is 2.33. The van der Waals surface area contributed by atoms with Crippen LogP contribution in [-0.2, 0) is 0 Å². The van der Waals surface area contributed by atoms with E-state index in [9.17, 15) is 13.2 Å². The van der Waals surface area contributed by atoms with Gasteiger partial charge < -0.3 is 10.1 Å². The van der Waals surface area contributed by atoms with Crippen LogP contribution in [0.1, 0.15) is 32.6 Å². The van der Waals surface area contributed by atoms with Crippen molar-refractivity contribution in [3.63, 3.8) is 0 Å². The summed E-state index contributed by atoms with van der Waals surface area (Å²) in [6.45, 7) is 2.23. The van der Waals surface area contributed by atoms with Crippen LogP contribution in [0.5, 0.6) is 5.75 Å². The molecule has 0 spiro atoms. The maximum Gasteiger partial charge on any atom is 0.449 e. The SMILES string of the molecule is CCCCCCN=C(Nc1ccc(OC)cc1)C(F)(F)F. The molecule has 0 atom stereocenters. The number of hydrogen-bond acceptors (Lipinski definition) is 2. The van der Waals surface area contributed by atoms with Crippen molar-refractivity contribution in [1.29, 1.82) is 0 Å². The lowest BCUT2D eigenvalue weighted by atomic mass is 10.2. The van der Waals surface area contributed by atoms with E-state index in [1.165, 1.54) is 19.2 Å². The number of rotatable bonds is 7. The lowest BCUT2D eigenvalue weighted by Gasteiger charge is -2.13. The molecule has 118 valence electrons. The Morgan fingerprint density at radius 2 is 1.81 bits per heavy atom. The molecule has 1 rings (SSSR count). The van der Waals surface area contributed by atoms with Gasteiger partial charge in [-0.15, -0.1) is 0 Å². The molecule has 6 heteroatoms. The summed E-state index contributed by atoms with van der Waals surface area (Å²) in [6, 6.07) is 6.24. The van der Waals surface area contributed by atoms with Crippen LogP contribution in [0.2, 0.25) is 0 Å². The maximum absolute atomic E-state index is 12.9. The number of ether oxygens (including phenoxy) is 1. The first kappa shape index (κ1) is 17.3. The minimum atomic E-state index is -4.48. The largest absolute Gasteiger partial charge is 0.497 e. The van der Waals surface area contributed by atoms with Gasteiger partial charge in [-0.05, 0) is 30.7 Å². The topological polar surface area (TPSA) is 33.6 Å². The van der Waals surface area contributed by atoms with Crippen LogP contribution >= 0.6 is 0 Å². The van der Waals surface area contributed by atoms with E-state index in [-0.39, 0.29) is 6.54 Å². The number of benzene rings is 1. The Kier molecular flexibility index (Phi) is 7.05. The van der Waals surface area contributed by atoms with Gasteiger partial charge in [-0.3, -0.25) is 4.99 Å². The Morgan fingerprint density at radius 3 is 2.33 bits per heavy atom. The number of methoxy groups -OCH3 is 1. The van der Waals surface area contributed by atoms with Crippen molar-refractivity contribution in [2.24, 2.45) is 4.99 Å². The molecular weight excluding hydrogens is 281 g/mol. The van der Waals surface area contributed by atoms with E-state index < -0.39 is 12.0 Å². The van der Waals surface area contributed by atoms with E-state index in [0.29, 0.717) is 17.9 Å². The lowest BCUT2D eigenvalue weighted by Crippen LogP contribution is -2.30. The van der Waals surface area contributed by atoms with Crippen molar-refractivity contribution >= 4 is 11.5 Å². The highest BCUT2D eigenvalue weighted by atomic mass is 19.4. The zero-order chi connectivity index (χ0) is 15.7. The molecule has 0 amide bonds. The monoisotopic (exact) mass is 302 g/mol. The first-order valence-electron chi connectivity index (χ1n) is 7.00. The van der Waals surface area contributed by atoms with Crippen molar-refractivity contribution in [3.8, 4) is 5.75 Å². The zero-order valence-electron chi connectivity index (χ0n) is 12.3. The Hall–Kier alpha value is -1.72. The van der Waals surface area contributed by atoms with Crippen LogP contribution in [0.25, 0.3) is 0 Å². The minimum absolute atomic E-state index is 0.179. The Labute approximate surface area is 123 Å². The van der Waals surface area contributed by atoms with Crippen LogP contribution in [0, 0.1) is 0 Å². The molecule has 0 saturated carbocycles. The predicted molar refractivity (Wildman–Crippen MR) is 79.1 cm³/mol. The van der Waals surface area contributed by atoms with E-state index >= 15 is 0 Å². The predicted octanol–water partition coefficient (Wildman–Crippen LogP) is 4.65. The smallest absolute Gasteiger partial charge is 0.449 e. The van der Waals surface area contributed by atoms with Crippen molar-refractivity contribution in [3.05, 3.63) is 24.3 Å². The van der Waals surface area contributed by atoms with E-state index in [1.807, 2.05) is 0 Å². The van der Waals surface area contributed by atoms with Gasteiger partial charge in [-0.1, -0.05) is 26.2 Å². The van der Waals surface area contributed by atoms with E-state index in [4.69, 9.17) is 4.74 Å². The molecule has 0 heterocycles. The summed E-state index contributed by atoms with van der Waals surface area (Å²) >= 11 is 0. The van der Waals surface area contributed by atoms with Gasteiger partial charge in [-0.2, -0.15) is 13.2 Å². The van der Waals surface area contributed by atoms with Crippen LogP contribution in [0.3, 0.4) is 0 Å². The highest BCUT2D eigenvalue weighted by Gasteiger charge is 2.35. The molecule has 0 aliphatic rings. The minimum Gasteiger partial charge on any atom is -0.497 e. The highest BCUT2D eigenvalue weighted by molar-refractivity contribution is 5.99. The van der Waals surface area contributed by atoms with Crippen LogP contribution < -0.4 is 10.1 Å². The molecule has 0 bridgehead atoms. The second kappa shape index (κ2) is 8.54. The molecule has 3 nitrogen and oxygen atoms in total. The molecule has 1 aromatic carbocycles. The van der Waals surface area contributed by atoms with E-state index in [2.05, 4.69) is 17.2 Å². The molecule has 0 aromatic heterocycles. The normalized spacial score (nSPS) is 12.3. The summed E-state index contributed by atoms with van der Waals surface area (Å²) in [4.78, 5) is 3.65. The third kappa shape index (κ3) is 6.51. The Morgan fingerprint density at radius 1 is 1.14 bits per heavy atom. The number of nitrogens with zero attached hydrogens (tertiary/aromatic N) is 1. The average Bonchev–Trinajstić information content (AvgIpc) is 2.45. The summed E-state index contributed by atoms with van der Waals surface area (Å²) in [5.74, 6) is -0.366. The number of anilines is 1. The molecule has 0 aliphatic carbocycles. The number of aliphatic imine (C=N–C) groups is 1.